The monoisotopic (exact) mass is 779 g/mol. The van der Waals surface area contributed by atoms with Crippen LogP contribution in [-0.2, 0) is 5.41 Å². The molecule has 0 amide bonds. The van der Waals surface area contributed by atoms with Gasteiger partial charge in [-0.25, -0.2) is 0 Å². The topological polar surface area (TPSA) is 16.4 Å². The molecule has 0 atom stereocenters. The second-order valence-corrected chi connectivity index (χ2v) is 16.9. The van der Waals surface area contributed by atoms with Crippen molar-refractivity contribution in [3.63, 3.8) is 0 Å². The summed E-state index contributed by atoms with van der Waals surface area (Å²) in [6.45, 7) is 4.71. The molecule has 2 heteroatoms. The van der Waals surface area contributed by atoms with Crippen LogP contribution in [-0.4, -0.2) is 0 Å². The third kappa shape index (κ3) is 5.56. The maximum Gasteiger partial charge on any atom is 0.145 e. The summed E-state index contributed by atoms with van der Waals surface area (Å²) in [4.78, 5) is 2.44. The molecule has 0 N–H and O–H groups in total. The van der Waals surface area contributed by atoms with Crippen molar-refractivity contribution in [1.29, 1.82) is 0 Å². The highest BCUT2D eigenvalue weighted by Gasteiger charge is 2.36. The van der Waals surface area contributed by atoms with E-state index >= 15 is 0 Å². The van der Waals surface area contributed by atoms with E-state index in [9.17, 15) is 0 Å². The Labute approximate surface area is 355 Å². The summed E-state index contributed by atoms with van der Waals surface area (Å²) in [6.07, 6.45) is 0. The fraction of sp³-hybridized carbons (Fsp3) is 0.0508. The van der Waals surface area contributed by atoms with Crippen molar-refractivity contribution in [3.05, 3.63) is 223 Å². The van der Waals surface area contributed by atoms with Crippen molar-refractivity contribution in [2.45, 2.75) is 19.3 Å². The van der Waals surface area contributed by atoms with Crippen molar-refractivity contribution in [2.24, 2.45) is 0 Å². The molecule has 0 spiro atoms. The van der Waals surface area contributed by atoms with Crippen LogP contribution in [0.15, 0.2) is 217 Å². The number of hydrogen-bond donors (Lipinski definition) is 0. The van der Waals surface area contributed by atoms with Gasteiger partial charge in [0.15, 0.2) is 0 Å². The van der Waals surface area contributed by atoms with E-state index in [2.05, 4.69) is 231 Å². The van der Waals surface area contributed by atoms with Crippen LogP contribution in [0.4, 0.5) is 17.1 Å². The number of hydrogen-bond acceptors (Lipinski definition) is 2. The first kappa shape index (κ1) is 35.3. The fourth-order valence-electron chi connectivity index (χ4n) is 10.0. The van der Waals surface area contributed by atoms with Crippen molar-refractivity contribution in [1.82, 2.24) is 0 Å². The van der Waals surface area contributed by atoms with Crippen LogP contribution in [0.3, 0.4) is 0 Å². The quantitative estimate of drug-likeness (QED) is 0.167. The van der Waals surface area contributed by atoms with Crippen LogP contribution in [0.5, 0.6) is 0 Å². The molecule has 0 aliphatic heterocycles. The molecule has 0 saturated heterocycles. The van der Waals surface area contributed by atoms with E-state index in [1.54, 1.807) is 0 Å². The molecule has 288 valence electrons. The Kier molecular flexibility index (Phi) is 7.92. The Morgan fingerprint density at radius 3 is 1.77 bits per heavy atom. The highest BCUT2D eigenvalue weighted by atomic mass is 16.3. The van der Waals surface area contributed by atoms with Gasteiger partial charge in [-0.15, -0.1) is 0 Å². The number of furan rings is 1. The largest absolute Gasteiger partial charge is 0.455 e. The van der Waals surface area contributed by atoms with Crippen LogP contribution in [0.2, 0.25) is 0 Å². The predicted molar refractivity (Wildman–Crippen MR) is 257 cm³/mol. The molecule has 1 heterocycles. The van der Waals surface area contributed by atoms with Crippen molar-refractivity contribution < 1.29 is 4.42 Å². The average Bonchev–Trinajstić information content (AvgIpc) is 3.81. The highest BCUT2D eigenvalue weighted by Crippen LogP contribution is 2.53. The van der Waals surface area contributed by atoms with Crippen LogP contribution in [0.1, 0.15) is 25.0 Å². The lowest BCUT2D eigenvalue weighted by atomic mass is 9.82. The lowest BCUT2D eigenvalue weighted by Crippen LogP contribution is -2.17. The predicted octanol–water partition coefficient (Wildman–Crippen LogP) is 16.7. The minimum atomic E-state index is -0.161. The van der Waals surface area contributed by atoms with Gasteiger partial charge in [-0.1, -0.05) is 178 Å². The summed E-state index contributed by atoms with van der Waals surface area (Å²) in [5.41, 5.74) is 17.1. The fourth-order valence-corrected chi connectivity index (χ4v) is 10.0. The van der Waals surface area contributed by atoms with E-state index in [1.165, 1.54) is 60.7 Å². The Balaban J connectivity index is 1.16. The van der Waals surface area contributed by atoms with Crippen molar-refractivity contribution in [2.75, 3.05) is 4.90 Å². The molecule has 0 unspecified atom stereocenters. The standard InChI is InChI=1S/C59H41NO/c1-59(2)53-24-14-13-22-47(53)48-32-31-45(36-54(48)59)60(44-29-27-40(28-30-44)38-15-5-3-6-16-38)55-34-33-50-52-37-51(41-18-7-4-8-19-41)46-21-11-12-23-49(46)57(52)61-58(50)56(55)43-26-25-39-17-9-10-20-42(39)35-43/h3-37H,1-2H3. The van der Waals surface area contributed by atoms with Gasteiger partial charge in [-0.3, -0.25) is 0 Å². The third-order valence-corrected chi connectivity index (χ3v) is 13.0. The maximum absolute atomic E-state index is 7.32. The van der Waals surface area contributed by atoms with Crippen LogP contribution in [0.25, 0.3) is 88.0 Å². The Morgan fingerprint density at radius 1 is 0.361 bits per heavy atom. The minimum Gasteiger partial charge on any atom is -0.455 e. The van der Waals surface area contributed by atoms with Gasteiger partial charge in [-0.05, 0) is 115 Å². The van der Waals surface area contributed by atoms with Gasteiger partial charge in [0.25, 0.3) is 0 Å². The average molecular weight is 780 g/mol. The minimum absolute atomic E-state index is 0.161. The first-order valence-corrected chi connectivity index (χ1v) is 21.2. The molecule has 2 nitrogen and oxygen atoms in total. The van der Waals surface area contributed by atoms with Crippen LogP contribution >= 0.6 is 0 Å². The lowest BCUT2D eigenvalue weighted by Gasteiger charge is -2.30. The number of rotatable bonds is 6. The number of nitrogens with zero attached hydrogens (tertiary/aromatic N) is 1. The second kappa shape index (κ2) is 13.7. The van der Waals surface area contributed by atoms with Crippen LogP contribution < -0.4 is 4.90 Å². The van der Waals surface area contributed by atoms with Gasteiger partial charge in [0.1, 0.15) is 11.2 Å². The molecule has 11 aromatic rings. The molecule has 1 aliphatic rings. The first-order valence-electron chi connectivity index (χ1n) is 21.2. The van der Waals surface area contributed by atoms with Gasteiger partial charge in [0, 0.05) is 38.5 Å². The molecule has 0 saturated carbocycles. The molecular formula is C59H41NO. The molecule has 12 rings (SSSR count). The normalized spacial score (nSPS) is 12.9. The van der Waals surface area contributed by atoms with Gasteiger partial charge < -0.3 is 9.32 Å². The number of fused-ring (bicyclic) bond motifs is 9. The smallest absolute Gasteiger partial charge is 0.145 e. The molecule has 0 bridgehead atoms. The van der Waals surface area contributed by atoms with E-state index in [0.29, 0.717) is 0 Å². The zero-order valence-electron chi connectivity index (χ0n) is 34.1. The summed E-state index contributed by atoms with van der Waals surface area (Å²) >= 11 is 0. The molecule has 0 fully saturated rings. The zero-order chi connectivity index (χ0) is 40.7. The first-order chi connectivity index (χ1) is 30.0. The Hall–Kier alpha value is -7.68. The zero-order valence-corrected chi connectivity index (χ0v) is 34.1. The summed E-state index contributed by atoms with van der Waals surface area (Å²) in [5, 5.41) is 6.87. The third-order valence-electron chi connectivity index (χ3n) is 13.0. The summed E-state index contributed by atoms with van der Waals surface area (Å²) in [7, 11) is 0. The van der Waals surface area contributed by atoms with Gasteiger partial charge in [0.2, 0.25) is 0 Å². The molecule has 1 aromatic heterocycles. The van der Waals surface area contributed by atoms with Gasteiger partial charge in [0.05, 0.1) is 5.69 Å². The maximum atomic E-state index is 7.32. The highest BCUT2D eigenvalue weighted by molar-refractivity contribution is 6.22. The Bertz CT molecular complexity index is 3490. The summed E-state index contributed by atoms with van der Waals surface area (Å²) in [5.74, 6) is 0. The SMILES string of the molecule is CC1(C)c2ccccc2-c2ccc(N(c3ccc(-c4ccccc4)cc3)c3ccc4c(oc5c6ccccc6c(-c6ccccc6)cc45)c3-c3ccc4ccccc4c3)cc21. The van der Waals surface area contributed by atoms with Crippen molar-refractivity contribution in [3.8, 4) is 44.5 Å². The van der Waals surface area contributed by atoms with E-state index < -0.39 is 0 Å². The van der Waals surface area contributed by atoms with E-state index in [4.69, 9.17) is 4.42 Å². The van der Waals surface area contributed by atoms with Crippen molar-refractivity contribution >= 4 is 60.5 Å². The molecule has 0 radical (unpaired) electrons. The molecular weight excluding hydrogens is 739 g/mol. The summed E-state index contributed by atoms with van der Waals surface area (Å²) < 4.78 is 7.32. The number of anilines is 3. The lowest BCUT2D eigenvalue weighted by molar-refractivity contribution is 0.660. The van der Waals surface area contributed by atoms with E-state index in [-0.39, 0.29) is 5.41 Å². The number of benzene rings is 10. The second-order valence-electron chi connectivity index (χ2n) is 16.9. The van der Waals surface area contributed by atoms with Crippen LogP contribution in [0, 0.1) is 0 Å². The van der Waals surface area contributed by atoms with E-state index in [0.717, 1.165) is 55.5 Å². The molecule has 61 heavy (non-hydrogen) atoms. The van der Waals surface area contributed by atoms with Gasteiger partial charge >= 0.3 is 0 Å². The Morgan fingerprint density at radius 2 is 0.967 bits per heavy atom. The molecule has 1 aliphatic carbocycles. The molecule has 10 aromatic carbocycles. The van der Waals surface area contributed by atoms with Gasteiger partial charge in [-0.2, -0.15) is 0 Å². The summed E-state index contributed by atoms with van der Waals surface area (Å²) in [6, 6.07) is 77.3. The van der Waals surface area contributed by atoms with E-state index in [1.807, 2.05) is 0 Å².